The number of nitrogens with one attached hydrogen (secondary N) is 2. The second-order valence-corrected chi connectivity index (χ2v) is 8.04. The van der Waals surface area contributed by atoms with Gasteiger partial charge in [-0.05, 0) is 43.9 Å². The zero-order valence-corrected chi connectivity index (χ0v) is 14.9. The maximum Gasteiger partial charge on any atom is 0.251 e. The van der Waals surface area contributed by atoms with Gasteiger partial charge in [0.25, 0.3) is 5.91 Å². The molecule has 1 fully saturated rings. The normalized spacial score (nSPS) is 17.3. The lowest BCUT2D eigenvalue weighted by Crippen LogP contribution is -2.53. The van der Waals surface area contributed by atoms with E-state index in [1.54, 1.807) is 12.1 Å². The number of carbonyl (C=O) groups is 1. The van der Waals surface area contributed by atoms with E-state index in [-0.39, 0.29) is 24.0 Å². The standard InChI is InChI=1S/C16H25N3O4S/c1-16(11-17,13-6-7-13)19-15(20)12-4-3-5-14(10-12)24(21,22)18-8-9-23-2/h3-5,10,13,18H,6-9,11,17H2,1-2H3,(H,19,20). The van der Waals surface area contributed by atoms with Crippen LogP contribution in [0.4, 0.5) is 0 Å². The number of ether oxygens (including phenoxy) is 1. The van der Waals surface area contributed by atoms with Crippen LogP contribution in [-0.4, -0.2) is 46.7 Å². The predicted molar refractivity (Wildman–Crippen MR) is 91.2 cm³/mol. The highest BCUT2D eigenvalue weighted by Crippen LogP contribution is 2.39. The maximum atomic E-state index is 12.5. The van der Waals surface area contributed by atoms with Crippen LogP contribution in [0, 0.1) is 5.92 Å². The van der Waals surface area contributed by atoms with E-state index in [1.807, 2.05) is 6.92 Å². The molecule has 7 nitrogen and oxygen atoms in total. The molecule has 1 saturated carbocycles. The first-order chi connectivity index (χ1) is 11.3. The van der Waals surface area contributed by atoms with Gasteiger partial charge in [0.05, 0.1) is 17.0 Å². The third-order valence-electron chi connectivity index (χ3n) is 4.31. The largest absolute Gasteiger partial charge is 0.383 e. The van der Waals surface area contributed by atoms with Crippen LogP contribution in [0.25, 0.3) is 0 Å². The molecule has 1 amide bonds. The molecule has 0 spiro atoms. The Morgan fingerprint density at radius 2 is 2.12 bits per heavy atom. The van der Waals surface area contributed by atoms with Crippen molar-refractivity contribution < 1.29 is 17.9 Å². The summed E-state index contributed by atoms with van der Waals surface area (Å²) in [6, 6.07) is 5.97. The molecule has 8 heteroatoms. The lowest BCUT2D eigenvalue weighted by Gasteiger charge is -2.29. The number of rotatable bonds is 9. The number of sulfonamides is 1. The molecule has 4 N–H and O–H groups in total. The molecule has 1 aliphatic carbocycles. The van der Waals surface area contributed by atoms with Gasteiger partial charge in [-0.15, -0.1) is 0 Å². The Hall–Kier alpha value is -1.48. The second-order valence-electron chi connectivity index (χ2n) is 6.27. The summed E-state index contributed by atoms with van der Waals surface area (Å²) in [5.74, 6) is 0.0675. The third-order valence-corrected chi connectivity index (χ3v) is 5.77. The van der Waals surface area contributed by atoms with Gasteiger partial charge in [-0.25, -0.2) is 13.1 Å². The Morgan fingerprint density at radius 1 is 1.42 bits per heavy atom. The molecule has 1 unspecified atom stereocenters. The Labute approximate surface area is 143 Å². The molecule has 0 heterocycles. The Kier molecular flexibility index (Phi) is 5.97. The van der Waals surface area contributed by atoms with Crippen molar-refractivity contribution in [1.29, 1.82) is 0 Å². The van der Waals surface area contributed by atoms with Gasteiger partial charge in [0.15, 0.2) is 0 Å². The van der Waals surface area contributed by atoms with Crippen LogP contribution in [0.15, 0.2) is 29.2 Å². The van der Waals surface area contributed by atoms with E-state index in [0.717, 1.165) is 12.8 Å². The Morgan fingerprint density at radius 3 is 2.71 bits per heavy atom. The number of hydrogen-bond donors (Lipinski definition) is 3. The fourth-order valence-corrected chi connectivity index (χ4v) is 3.60. The topological polar surface area (TPSA) is 111 Å². The van der Waals surface area contributed by atoms with Gasteiger partial charge in [-0.3, -0.25) is 4.79 Å². The van der Waals surface area contributed by atoms with Crippen molar-refractivity contribution in [2.75, 3.05) is 26.8 Å². The van der Waals surface area contributed by atoms with Crippen molar-refractivity contribution in [3.05, 3.63) is 29.8 Å². The number of methoxy groups -OCH3 is 1. The van der Waals surface area contributed by atoms with Crippen molar-refractivity contribution in [2.45, 2.75) is 30.2 Å². The zero-order valence-electron chi connectivity index (χ0n) is 14.0. The Balaban J connectivity index is 2.13. The molecule has 24 heavy (non-hydrogen) atoms. The molecule has 0 aliphatic heterocycles. The van der Waals surface area contributed by atoms with E-state index in [1.165, 1.54) is 19.2 Å². The first kappa shape index (κ1) is 18.9. The van der Waals surface area contributed by atoms with Gasteiger partial charge >= 0.3 is 0 Å². The van der Waals surface area contributed by atoms with Crippen molar-refractivity contribution in [2.24, 2.45) is 11.7 Å². The average molecular weight is 355 g/mol. The molecule has 0 bridgehead atoms. The number of nitrogens with two attached hydrogens (primary N) is 1. The minimum Gasteiger partial charge on any atom is -0.383 e. The first-order valence-electron chi connectivity index (χ1n) is 7.93. The summed E-state index contributed by atoms with van der Waals surface area (Å²) < 4.78 is 31.7. The molecule has 0 aromatic heterocycles. The summed E-state index contributed by atoms with van der Waals surface area (Å²) in [7, 11) is -2.18. The molecule has 1 aromatic rings. The van der Waals surface area contributed by atoms with Crippen LogP contribution in [0.1, 0.15) is 30.1 Å². The summed E-state index contributed by atoms with van der Waals surface area (Å²) in [6.07, 6.45) is 2.09. The van der Waals surface area contributed by atoms with E-state index in [2.05, 4.69) is 10.0 Å². The quantitative estimate of drug-likeness (QED) is 0.558. The van der Waals surface area contributed by atoms with Crippen molar-refractivity contribution in [3.8, 4) is 0 Å². The van der Waals surface area contributed by atoms with Crippen LogP contribution in [0.2, 0.25) is 0 Å². The van der Waals surface area contributed by atoms with E-state index in [9.17, 15) is 13.2 Å². The highest BCUT2D eigenvalue weighted by atomic mass is 32.2. The van der Waals surface area contributed by atoms with Crippen LogP contribution >= 0.6 is 0 Å². The number of benzene rings is 1. The summed E-state index contributed by atoms with van der Waals surface area (Å²) in [5, 5.41) is 2.95. The summed E-state index contributed by atoms with van der Waals surface area (Å²) in [6.45, 7) is 2.72. The first-order valence-corrected chi connectivity index (χ1v) is 9.42. The minimum absolute atomic E-state index is 0.0483. The van der Waals surface area contributed by atoms with Gasteiger partial charge in [0, 0.05) is 25.8 Å². The predicted octanol–water partition coefficient (Wildman–Crippen LogP) is 0.469. The zero-order chi connectivity index (χ0) is 17.8. The van der Waals surface area contributed by atoms with Crippen molar-refractivity contribution in [1.82, 2.24) is 10.0 Å². The third kappa shape index (κ3) is 4.54. The number of amides is 1. The molecular formula is C16H25N3O4S. The molecule has 134 valence electrons. The summed E-state index contributed by atoms with van der Waals surface area (Å²) in [5.41, 5.74) is 5.65. The van der Waals surface area contributed by atoms with Crippen molar-refractivity contribution in [3.63, 3.8) is 0 Å². The number of hydrogen-bond acceptors (Lipinski definition) is 5. The van der Waals surface area contributed by atoms with Gasteiger partial charge in [0.2, 0.25) is 10.0 Å². The van der Waals surface area contributed by atoms with E-state index >= 15 is 0 Å². The van der Waals surface area contributed by atoms with E-state index < -0.39 is 15.6 Å². The van der Waals surface area contributed by atoms with E-state index in [0.29, 0.717) is 18.0 Å². The monoisotopic (exact) mass is 355 g/mol. The summed E-state index contributed by atoms with van der Waals surface area (Å²) >= 11 is 0. The van der Waals surface area contributed by atoms with Crippen LogP contribution in [-0.2, 0) is 14.8 Å². The smallest absolute Gasteiger partial charge is 0.251 e. The lowest BCUT2D eigenvalue weighted by atomic mass is 9.95. The van der Waals surface area contributed by atoms with Crippen LogP contribution in [0.5, 0.6) is 0 Å². The molecule has 1 aliphatic rings. The average Bonchev–Trinajstić information content (AvgIpc) is 3.40. The lowest BCUT2D eigenvalue weighted by molar-refractivity contribution is 0.0897. The van der Waals surface area contributed by atoms with Crippen LogP contribution < -0.4 is 15.8 Å². The molecular weight excluding hydrogens is 330 g/mol. The Bertz CT molecular complexity index is 688. The van der Waals surface area contributed by atoms with Crippen molar-refractivity contribution >= 4 is 15.9 Å². The highest BCUT2D eigenvalue weighted by molar-refractivity contribution is 7.89. The minimum atomic E-state index is -3.68. The highest BCUT2D eigenvalue weighted by Gasteiger charge is 2.41. The number of carbonyl (C=O) groups excluding carboxylic acids is 1. The molecule has 1 atom stereocenters. The second kappa shape index (κ2) is 7.60. The SMILES string of the molecule is COCCNS(=O)(=O)c1cccc(C(=O)NC(C)(CN)C2CC2)c1. The van der Waals surface area contributed by atoms with Gasteiger partial charge in [-0.2, -0.15) is 0 Å². The molecule has 1 aromatic carbocycles. The summed E-state index contributed by atoms with van der Waals surface area (Å²) in [4.78, 5) is 12.5. The van der Waals surface area contributed by atoms with Crippen LogP contribution in [0.3, 0.4) is 0 Å². The fraction of sp³-hybridized carbons (Fsp3) is 0.562. The molecule has 2 rings (SSSR count). The molecule has 0 radical (unpaired) electrons. The van der Waals surface area contributed by atoms with Gasteiger partial charge < -0.3 is 15.8 Å². The van der Waals surface area contributed by atoms with Gasteiger partial charge in [-0.1, -0.05) is 6.07 Å². The van der Waals surface area contributed by atoms with E-state index in [4.69, 9.17) is 10.5 Å². The fourth-order valence-electron chi connectivity index (χ4n) is 2.54. The van der Waals surface area contributed by atoms with Gasteiger partial charge in [0.1, 0.15) is 0 Å². The molecule has 0 saturated heterocycles. The maximum absolute atomic E-state index is 12.5.